The van der Waals surface area contributed by atoms with Gasteiger partial charge in [-0.1, -0.05) is 19.1 Å². The summed E-state index contributed by atoms with van der Waals surface area (Å²) in [5, 5.41) is 3.39. The van der Waals surface area contributed by atoms with Crippen molar-refractivity contribution in [3.63, 3.8) is 0 Å². The Balaban J connectivity index is 2.08. The maximum absolute atomic E-state index is 13.4. The van der Waals surface area contributed by atoms with E-state index in [9.17, 15) is 8.78 Å². The summed E-state index contributed by atoms with van der Waals surface area (Å²) in [7, 11) is 0. The Kier molecular flexibility index (Phi) is 5.81. The van der Waals surface area contributed by atoms with E-state index in [1.165, 1.54) is 12.1 Å². The molecule has 1 aromatic heterocycles. The highest BCUT2D eigenvalue weighted by molar-refractivity contribution is 5.21. The van der Waals surface area contributed by atoms with E-state index in [2.05, 4.69) is 17.2 Å². The molecule has 1 heterocycles. The van der Waals surface area contributed by atoms with Gasteiger partial charge in [0.25, 0.3) is 0 Å². The van der Waals surface area contributed by atoms with Crippen LogP contribution in [0.4, 0.5) is 8.78 Å². The maximum atomic E-state index is 13.4. The molecule has 2 aromatic rings. The minimum Gasteiger partial charge on any atom is -0.310 e. The zero-order valence-corrected chi connectivity index (χ0v) is 12.2. The molecule has 1 aromatic carbocycles. The quantitative estimate of drug-likeness (QED) is 0.832. The number of hydrogen-bond acceptors (Lipinski definition) is 2. The molecule has 21 heavy (non-hydrogen) atoms. The van der Waals surface area contributed by atoms with Gasteiger partial charge in [0.2, 0.25) is 0 Å². The third kappa shape index (κ3) is 4.60. The normalized spacial score (nSPS) is 12.3. The molecule has 0 aliphatic rings. The molecule has 1 atom stereocenters. The first-order valence-electron chi connectivity index (χ1n) is 7.29. The molecule has 0 saturated carbocycles. The van der Waals surface area contributed by atoms with Crippen LogP contribution in [-0.4, -0.2) is 11.5 Å². The molecule has 1 unspecified atom stereocenters. The number of hydrogen-bond donors (Lipinski definition) is 1. The van der Waals surface area contributed by atoms with Gasteiger partial charge >= 0.3 is 0 Å². The van der Waals surface area contributed by atoms with Crippen molar-refractivity contribution in [3.05, 3.63) is 65.5 Å². The number of rotatable bonds is 7. The Bertz CT molecular complexity index is 558. The lowest BCUT2D eigenvalue weighted by atomic mass is 10.00. The number of benzene rings is 1. The Labute approximate surface area is 124 Å². The SMILES string of the molecule is CCCNC(CCc1ccccn1)c1ccc(F)c(F)c1. The van der Waals surface area contributed by atoms with Crippen molar-refractivity contribution in [3.8, 4) is 0 Å². The minimum absolute atomic E-state index is 0.00190. The Morgan fingerprint density at radius 3 is 2.67 bits per heavy atom. The highest BCUT2D eigenvalue weighted by Crippen LogP contribution is 2.21. The van der Waals surface area contributed by atoms with Crippen LogP contribution in [0.2, 0.25) is 0 Å². The second-order valence-corrected chi connectivity index (χ2v) is 5.04. The van der Waals surface area contributed by atoms with Gasteiger partial charge in [0, 0.05) is 17.9 Å². The molecular formula is C17H20F2N2. The summed E-state index contributed by atoms with van der Waals surface area (Å²) in [5.74, 6) is -1.61. The van der Waals surface area contributed by atoms with Crippen LogP contribution < -0.4 is 5.32 Å². The second-order valence-electron chi connectivity index (χ2n) is 5.04. The highest BCUT2D eigenvalue weighted by atomic mass is 19.2. The standard InChI is InChI=1S/C17H20F2N2/c1-2-10-21-17(9-7-14-5-3-4-11-20-14)13-6-8-15(18)16(19)12-13/h3-6,8,11-12,17,21H,2,7,9-10H2,1H3. The summed E-state index contributed by atoms with van der Waals surface area (Å²) >= 11 is 0. The molecule has 0 amide bonds. The van der Waals surface area contributed by atoms with E-state index in [1.807, 2.05) is 18.2 Å². The van der Waals surface area contributed by atoms with E-state index in [1.54, 1.807) is 12.3 Å². The number of halogens is 2. The molecule has 0 bridgehead atoms. The van der Waals surface area contributed by atoms with Crippen molar-refractivity contribution in [2.24, 2.45) is 0 Å². The van der Waals surface area contributed by atoms with Crippen LogP contribution in [-0.2, 0) is 6.42 Å². The van der Waals surface area contributed by atoms with Crippen LogP contribution in [0.1, 0.15) is 37.1 Å². The largest absolute Gasteiger partial charge is 0.310 e. The summed E-state index contributed by atoms with van der Waals surface area (Å²) in [6.07, 6.45) is 4.34. The van der Waals surface area contributed by atoms with Gasteiger partial charge in [0.1, 0.15) is 0 Å². The van der Waals surface area contributed by atoms with Gasteiger partial charge in [-0.15, -0.1) is 0 Å². The van der Waals surface area contributed by atoms with E-state index >= 15 is 0 Å². The molecule has 0 spiro atoms. The van der Waals surface area contributed by atoms with Crippen LogP contribution >= 0.6 is 0 Å². The lowest BCUT2D eigenvalue weighted by Gasteiger charge is -2.19. The topological polar surface area (TPSA) is 24.9 Å². The zero-order chi connectivity index (χ0) is 15.1. The van der Waals surface area contributed by atoms with Crippen molar-refractivity contribution in [2.75, 3.05) is 6.54 Å². The molecule has 1 N–H and O–H groups in total. The Hall–Kier alpha value is -1.81. The lowest BCUT2D eigenvalue weighted by Crippen LogP contribution is -2.23. The maximum Gasteiger partial charge on any atom is 0.159 e. The van der Waals surface area contributed by atoms with Crippen molar-refractivity contribution < 1.29 is 8.78 Å². The Morgan fingerprint density at radius 1 is 1.14 bits per heavy atom. The van der Waals surface area contributed by atoms with E-state index < -0.39 is 11.6 Å². The number of nitrogens with one attached hydrogen (secondary N) is 1. The average Bonchev–Trinajstić information content (AvgIpc) is 2.51. The van der Waals surface area contributed by atoms with Crippen LogP contribution in [0.15, 0.2) is 42.6 Å². The summed E-state index contributed by atoms with van der Waals surface area (Å²) < 4.78 is 26.5. The fourth-order valence-electron chi connectivity index (χ4n) is 2.27. The van der Waals surface area contributed by atoms with Crippen LogP contribution in [0.5, 0.6) is 0 Å². The van der Waals surface area contributed by atoms with Crippen LogP contribution in [0.25, 0.3) is 0 Å². The molecule has 0 aliphatic carbocycles. The molecule has 2 nitrogen and oxygen atoms in total. The molecule has 112 valence electrons. The predicted molar refractivity (Wildman–Crippen MR) is 80.0 cm³/mol. The molecule has 0 radical (unpaired) electrons. The van der Waals surface area contributed by atoms with Crippen molar-refractivity contribution in [2.45, 2.75) is 32.2 Å². The molecule has 0 aliphatic heterocycles. The molecule has 4 heteroatoms. The van der Waals surface area contributed by atoms with Crippen LogP contribution in [0.3, 0.4) is 0 Å². The molecule has 0 saturated heterocycles. The first-order chi connectivity index (χ1) is 10.2. The molecule has 2 rings (SSSR count). The Morgan fingerprint density at radius 2 is 2.00 bits per heavy atom. The van der Waals surface area contributed by atoms with Gasteiger partial charge in [-0.2, -0.15) is 0 Å². The van der Waals surface area contributed by atoms with E-state index in [0.29, 0.717) is 0 Å². The number of pyridine rings is 1. The highest BCUT2D eigenvalue weighted by Gasteiger charge is 2.13. The zero-order valence-electron chi connectivity index (χ0n) is 12.2. The monoisotopic (exact) mass is 290 g/mol. The van der Waals surface area contributed by atoms with Crippen LogP contribution in [0, 0.1) is 11.6 Å². The average molecular weight is 290 g/mol. The predicted octanol–water partition coefficient (Wildman–Crippen LogP) is 4.03. The summed E-state index contributed by atoms with van der Waals surface area (Å²) in [6, 6.07) is 9.92. The van der Waals surface area contributed by atoms with E-state index in [0.717, 1.165) is 37.1 Å². The fourth-order valence-corrected chi connectivity index (χ4v) is 2.27. The van der Waals surface area contributed by atoms with E-state index in [-0.39, 0.29) is 6.04 Å². The van der Waals surface area contributed by atoms with Gasteiger partial charge in [0.05, 0.1) is 0 Å². The van der Waals surface area contributed by atoms with Crippen molar-refractivity contribution >= 4 is 0 Å². The first-order valence-corrected chi connectivity index (χ1v) is 7.29. The van der Waals surface area contributed by atoms with E-state index in [4.69, 9.17) is 0 Å². The minimum atomic E-state index is -0.808. The first kappa shape index (κ1) is 15.6. The fraction of sp³-hybridized carbons (Fsp3) is 0.353. The number of nitrogens with zero attached hydrogens (tertiary/aromatic N) is 1. The van der Waals surface area contributed by atoms with Gasteiger partial charge in [-0.05, 0) is 55.6 Å². The van der Waals surface area contributed by atoms with Gasteiger partial charge in [-0.3, -0.25) is 4.98 Å². The summed E-state index contributed by atoms with van der Waals surface area (Å²) in [6.45, 7) is 2.92. The number of aromatic nitrogens is 1. The van der Waals surface area contributed by atoms with Crippen molar-refractivity contribution in [1.29, 1.82) is 0 Å². The van der Waals surface area contributed by atoms with Gasteiger partial charge in [0.15, 0.2) is 11.6 Å². The van der Waals surface area contributed by atoms with Gasteiger partial charge < -0.3 is 5.32 Å². The second kappa shape index (κ2) is 7.84. The van der Waals surface area contributed by atoms with Crippen molar-refractivity contribution in [1.82, 2.24) is 10.3 Å². The third-order valence-corrected chi connectivity index (χ3v) is 3.40. The molecule has 0 fully saturated rings. The smallest absolute Gasteiger partial charge is 0.159 e. The third-order valence-electron chi connectivity index (χ3n) is 3.40. The number of aryl methyl sites for hydroxylation is 1. The van der Waals surface area contributed by atoms with Gasteiger partial charge in [-0.25, -0.2) is 8.78 Å². The summed E-state index contributed by atoms with van der Waals surface area (Å²) in [4.78, 5) is 4.29. The summed E-state index contributed by atoms with van der Waals surface area (Å²) in [5.41, 5.74) is 1.78. The lowest BCUT2D eigenvalue weighted by molar-refractivity contribution is 0.479. The molecular weight excluding hydrogens is 270 g/mol.